The zero-order valence-electron chi connectivity index (χ0n) is 11.0. The number of alkyl halides is 6. The van der Waals surface area contributed by atoms with E-state index < -0.39 is 29.6 Å². The van der Waals surface area contributed by atoms with Crippen molar-refractivity contribution in [2.75, 3.05) is 13.6 Å². The molecule has 1 aromatic rings. The fourth-order valence-electron chi connectivity index (χ4n) is 1.92. The Morgan fingerprint density at radius 3 is 2.14 bits per heavy atom. The van der Waals surface area contributed by atoms with Gasteiger partial charge >= 0.3 is 18.4 Å². The molecule has 0 unspecified atom stereocenters. The first kappa shape index (κ1) is 16.2. The van der Waals surface area contributed by atoms with Crippen molar-refractivity contribution in [1.82, 2.24) is 4.90 Å². The molecule has 1 amide bonds. The fraction of sp³-hybridized carbons (Fsp3) is 0.308. The van der Waals surface area contributed by atoms with Gasteiger partial charge in [0.15, 0.2) is 0 Å². The van der Waals surface area contributed by atoms with Gasteiger partial charge in [-0.3, -0.25) is 0 Å². The van der Waals surface area contributed by atoms with Gasteiger partial charge in [-0.05, 0) is 23.8 Å². The molecule has 9 heteroatoms. The normalized spacial score (nSPS) is 18.0. The maximum atomic E-state index is 12.8. The van der Waals surface area contributed by atoms with Crippen LogP contribution in [0.5, 0.6) is 0 Å². The maximum absolute atomic E-state index is 12.8. The molecule has 1 aliphatic heterocycles. The third kappa shape index (κ3) is 3.34. The molecule has 0 bridgehead atoms. The summed E-state index contributed by atoms with van der Waals surface area (Å²) in [4.78, 5) is 12.3. The summed E-state index contributed by atoms with van der Waals surface area (Å²) in [6.45, 7) is 0.0290. The van der Waals surface area contributed by atoms with Gasteiger partial charge in [0.1, 0.15) is 5.76 Å². The first-order valence-electron chi connectivity index (χ1n) is 5.90. The van der Waals surface area contributed by atoms with Gasteiger partial charge in [0.25, 0.3) is 0 Å². The summed E-state index contributed by atoms with van der Waals surface area (Å²) in [7, 11) is 1.41. The van der Waals surface area contributed by atoms with Crippen LogP contribution in [0.15, 0.2) is 24.0 Å². The topological polar surface area (TPSA) is 29.5 Å². The van der Waals surface area contributed by atoms with Crippen LogP contribution in [0.1, 0.15) is 16.7 Å². The number of hydrogen-bond donors (Lipinski definition) is 0. The van der Waals surface area contributed by atoms with Gasteiger partial charge in [0, 0.05) is 7.05 Å². The minimum absolute atomic E-state index is 0.0290. The number of hydrogen-bond acceptors (Lipinski definition) is 2. The molecule has 1 aromatic carbocycles. The lowest BCUT2D eigenvalue weighted by atomic mass is 10.0. The lowest BCUT2D eigenvalue weighted by Crippen LogP contribution is -2.17. The standard InChI is InChI=1S/C13H9F6NO2/c1-20-6-8(22-11(20)21)4-7-2-3-9(12(14,15)16)10(5-7)13(17,18)19/h2-5H,6H2,1H3/b8-4+. The first-order valence-corrected chi connectivity index (χ1v) is 5.90. The minimum Gasteiger partial charge on any atom is -0.413 e. The van der Waals surface area contributed by atoms with Crippen LogP contribution < -0.4 is 0 Å². The number of ether oxygens (including phenoxy) is 1. The van der Waals surface area contributed by atoms with Crippen molar-refractivity contribution in [1.29, 1.82) is 0 Å². The molecule has 0 spiro atoms. The average Bonchev–Trinajstić information content (AvgIpc) is 2.65. The highest BCUT2D eigenvalue weighted by molar-refractivity contribution is 5.74. The molecule has 0 N–H and O–H groups in total. The Kier molecular flexibility index (Phi) is 3.84. The first-order chi connectivity index (χ1) is 9.98. The van der Waals surface area contributed by atoms with E-state index in [-0.39, 0.29) is 17.9 Å². The van der Waals surface area contributed by atoms with Gasteiger partial charge in [-0.1, -0.05) is 6.07 Å². The average molecular weight is 325 g/mol. The quantitative estimate of drug-likeness (QED) is 0.726. The molecule has 0 radical (unpaired) electrons. The maximum Gasteiger partial charge on any atom is 0.417 e. The van der Waals surface area contributed by atoms with Crippen LogP contribution in [0.3, 0.4) is 0 Å². The number of nitrogens with zero attached hydrogens (tertiary/aromatic N) is 1. The molecule has 0 aromatic heterocycles. The zero-order valence-corrected chi connectivity index (χ0v) is 11.0. The molecular weight excluding hydrogens is 316 g/mol. The lowest BCUT2D eigenvalue weighted by Gasteiger charge is -2.15. The molecular formula is C13H9F6NO2. The molecule has 1 heterocycles. The van der Waals surface area contributed by atoms with Crippen molar-refractivity contribution < 1.29 is 35.9 Å². The van der Waals surface area contributed by atoms with E-state index in [0.29, 0.717) is 12.1 Å². The third-order valence-corrected chi connectivity index (χ3v) is 2.91. The summed E-state index contributed by atoms with van der Waals surface area (Å²) < 4.78 is 81.0. The summed E-state index contributed by atoms with van der Waals surface area (Å²) in [6, 6.07) is 1.62. The van der Waals surface area contributed by atoms with Crippen LogP contribution in [0.25, 0.3) is 6.08 Å². The Labute approximate surface area is 120 Å². The molecule has 0 saturated carbocycles. The van der Waals surface area contributed by atoms with E-state index in [1.54, 1.807) is 0 Å². The highest BCUT2D eigenvalue weighted by Gasteiger charge is 2.43. The Morgan fingerprint density at radius 1 is 1.09 bits per heavy atom. The van der Waals surface area contributed by atoms with Crippen LogP contribution in [-0.4, -0.2) is 24.6 Å². The number of cyclic esters (lactones) is 1. The van der Waals surface area contributed by atoms with Gasteiger partial charge in [-0.15, -0.1) is 0 Å². The van der Waals surface area contributed by atoms with Crippen molar-refractivity contribution in [2.24, 2.45) is 0 Å². The van der Waals surface area contributed by atoms with Crippen molar-refractivity contribution >= 4 is 12.2 Å². The van der Waals surface area contributed by atoms with Crippen molar-refractivity contribution in [3.8, 4) is 0 Å². The molecule has 22 heavy (non-hydrogen) atoms. The second-order valence-corrected chi connectivity index (χ2v) is 4.64. The lowest BCUT2D eigenvalue weighted by molar-refractivity contribution is -0.162. The van der Waals surface area contributed by atoms with Crippen molar-refractivity contribution in [2.45, 2.75) is 12.4 Å². The number of amides is 1. The summed E-state index contributed by atoms with van der Waals surface area (Å²) in [6.07, 6.45) is -9.86. The zero-order chi connectivity index (χ0) is 16.7. The Hall–Kier alpha value is -2.19. The molecule has 1 fully saturated rings. The van der Waals surface area contributed by atoms with Gasteiger partial charge in [0.2, 0.25) is 0 Å². The summed E-state index contributed by atoms with van der Waals surface area (Å²) in [5.41, 5.74) is -3.69. The van der Waals surface area contributed by atoms with Crippen molar-refractivity contribution in [3.63, 3.8) is 0 Å². The van der Waals surface area contributed by atoms with Gasteiger partial charge in [-0.2, -0.15) is 26.3 Å². The predicted octanol–water partition coefficient (Wildman–Crippen LogP) is 4.15. The second-order valence-electron chi connectivity index (χ2n) is 4.64. The van der Waals surface area contributed by atoms with Crippen LogP contribution in [0.2, 0.25) is 0 Å². The molecule has 0 atom stereocenters. The Morgan fingerprint density at radius 2 is 1.68 bits per heavy atom. The molecule has 3 nitrogen and oxygen atoms in total. The number of benzene rings is 1. The van der Waals surface area contributed by atoms with E-state index >= 15 is 0 Å². The highest BCUT2D eigenvalue weighted by Crippen LogP contribution is 2.40. The summed E-state index contributed by atoms with van der Waals surface area (Å²) in [5, 5.41) is 0. The monoisotopic (exact) mass is 325 g/mol. The number of carbonyl (C=O) groups excluding carboxylic acids is 1. The fourth-order valence-corrected chi connectivity index (χ4v) is 1.92. The minimum atomic E-state index is -5.15. The summed E-state index contributed by atoms with van der Waals surface area (Å²) >= 11 is 0. The van der Waals surface area contributed by atoms with E-state index in [1.165, 1.54) is 11.9 Å². The van der Waals surface area contributed by atoms with E-state index in [2.05, 4.69) is 0 Å². The van der Waals surface area contributed by atoms with Crippen LogP contribution >= 0.6 is 0 Å². The molecule has 2 rings (SSSR count). The molecule has 1 aliphatic rings. The molecule has 0 aliphatic carbocycles. The second kappa shape index (κ2) is 5.22. The van der Waals surface area contributed by atoms with Gasteiger partial charge < -0.3 is 9.64 Å². The molecule has 120 valence electrons. The van der Waals surface area contributed by atoms with E-state index in [9.17, 15) is 31.1 Å². The van der Waals surface area contributed by atoms with Crippen LogP contribution in [-0.2, 0) is 17.1 Å². The number of halogens is 6. The Balaban J connectivity index is 2.44. The largest absolute Gasteiger partial charge is 0.417 e. The SMILES string of the molecule is CN1C/C(=C\c2ccc(C(F)(F)F)c(C(F)(F)F)c2)OC1=O. The van der Waals surface area contributed by atoms with E-state index in [1.807, 2.05) is 0 Å². The number of carbonyl (C=O) groups is 1. The van der Waals surface area contributed by atoms with Crippen LogP contribution in [0, 0.1) is 0 Å². The number of rotatable bonds is 1. The highest BCUT2D eigenvalue weighted by atomic mass is 19.4. The van der Waals surface area contributed by atoms with E-state index in [4.69, 9.17) is 4.74 Å². The third-order valence-electron chi connectivity index (χ3n) is 2.91. The predicted molar refractivity (Wildman–Crippen MR) is 63.5 cm³/mol. The van der Waals surface area contributed by atoms with Gasteiger partial charge in [-0.25, -0.2) is 4.79 Å². The smallest absolute Gasteiger partial charge is 0.413 e. The van der Waals surface area contributed by atoms with Crippen molar-refractivity contribution in [3.05, 3.63) is 40.6 Å². The van der Waals surface area contributed by atoms with Gasteiger partial charge in [0.05, 0.1) is 17.7 Å². The molecule has 1 saturated heterocycles. The van der Waals surface area contributed by atoms with Crippen LogP contribution in [0.4, 0.5) is 31.1 Å². The Bertz CT molecular complexity index is 632. The van der Waals surface area contributed by atoms with E-state index in [0.717, 1.165) is 12.1 Å². The summed E-state index contributed by atoms with van der Waals surface area (Å²) in [5.74, 6) is 0.0559. The number of likely N-dealkylation sites (N-methyl/N-ethyl adjacent to an activating group) is 1.